The summed E-state index contributed by atoms with van der Waals surface area (Å²) in [6.45, 7) is 2.48. The zero-order valence-corrected chi connectivity index (χ0v) is 15.4. The molecule has 0 bridgehead atoms. The van der Waals surface area contributed by atoms with E-state index in [2.05, 4.69) is 5.32 Å². The molecule has 0 aliphatic heterocycles. The topological polar surface area (TPSA) is 69.6 Å². The van der Waals surface area contributed by atoms with E-state index in [0.717, 1.165) is 24.0 Å². The first-order valence-corrected chi connectivity index (χ1v) is 10.8. The van der Waals surface area contributed by atoms with Crippen molar-refractivity contribution in [1.82, 2.24) is 5.32 Å². The van der Waals surface area contributed by atoms with Crippen LogP contribution in [0.3, 0.4) is 0 Å². The predicted octanol–water partition coefficient (Wildman–Crippen LogP) is 3.98. The average Bonchev–Trinajstić information content (AvgIpc) is 2.55. The molecule has 0 heterocycles. The molecular formula is C19H30NO3P. The lowest BCUT2D eigenvalue weighted by atomic mass is 9.91. The SMILES string of the molecule is Cc1cccc(C(CO)NC/C=C/P(=O)(O)CC2CCCCC2)c1. The van der Waals surface area contributed by atoms with Gasteiger partial charge in [-0.15, -0.1) is 0 Å². The van der Waals surface area contributed by atoms with E-state index in [1.165, 1.54) is 25.1 Å². The molecule has 1 aromatic carbocycles. The molecule has 0 saturated heterocycles. The van der Waals surface area contributed by atoms with Gasteiger partial charge in [-0.1, -0.05) is 55.2 Å². The first kappa shape index (κ1) is 19.4. The molecule has 134 valence electrons. The minimum atomic E-state index is -3.19. The number of benzene rings is 1. The molecule has 2 rings (SSSR count). The van der Waals surface area contributed by atoms with Crippen LogP contribution in [0.15, 0.2) is 36.2 Å². The minimum absolute atomic E-state index is 0.00382. The average molecular weight is 351 g/mol. The molecule has 1 saturated carbocycles. The lowest BCUT2D eigenvalue weighted by Gasteiger charge is -2.22. The summed E-state index contributed by atoms with van der Waals surface area (Å²) in [6.07, 6.45) is 7.92. The second-order valence-electron chi connectivity index (χ2n) is 6.88. The lowest BCUT2D eigenvalue weighted by Crippen LogP contribution is -2.24. The molecular weight excluding hydrogens is 321 g/mol. The van der Waals surface area contributed by atoms with Gasteiger partial charge >= 0.3 is 0 Å². The van der Waals surface area contributed by atoms with Crippen molar-refractivity contribution in [3.63, 3.8) is 0 Å². The second-order valence-corrected chi connectivity index (χ2v) is 9.06. The van der Waals surface area contributed by atoms with E-state index < -0.39 is 7.37 Å². The number of aliphatic hydroxyl groups excluding tert-OH is 1. The van der Waals surface area contributed by atoms with Crippen LogP contribution < -0.4 is 5.32 Å². The Hall–Kier alpha value is -0.930. The molecule has 0 amide bonds. The van der Waals surface area contributed by atoms with E-state index in [1.54, 1.807) is 6.08 Å². The maximum atomic E-state index is 12.3. The van der Waals surface area contributed by atoms with Gasteiger partial charge in [-0.25, -0.2) is 0 Å². The molecule has 1 aliphatic rings. The summed E-state index contributed by atoms with van der Waals surface area (Å²) in [5.74, 6) is 1.86. The first-order valence-electron chi connectivity index (χ1n) is 8.90. The van der Waals surface area contributed by atoms with E-state index in [4.69, 9.17) is 0 Å². The number of rotatable bonds is 8. The van der Waals surface area contributed by atoms with E-state index in [1.807, 2.05) is 31.2 Å². The van der Waals surface area contributed by atoms with Crippen molar-refractivity contribution >= 4 is 7.37 Å². The molecule has 0 spiro atoms. The Labute approximate surface area is 145 Å². The predicted molar refractivity (Wildman–Crippen MR) is 99.4 cm³/mol. The summed E-state index contributed by atoms with van der Waals surface area (Å²) in [5, 5.41) is 12.8. The second kappa shape index (κ2) is 9.53. The molecule has 3 N–H and O–H groups in total. The third-order valence-electron chi connectivity index (χ3n) is 4.69. The van der Waals surface area contributed by atoms with Crippen LogP contribution in [0.2, 0.25) is 0 Å². The van der Waals surface area contributed by atoms with Crippen LogP contribution in [0.25, 0.3) is 0 Å². The Morgan fingerprint density at radius 1 is 1.33 bits per heavy atom. The number of aryl methyl sites for hydroxylation is 1. The Morgan fingerprint density at radius 3 is 2.75 bits per heavy atom. The summed E-state index contributed by atoms with van der Waals surface area (Å²) in [6, 6.07) is 7.84. The fourth-order valence-electron chi connectivity index (χ4n) is 3.40. The van der Waals surface area contributed by atoms with Crippen LogP contribution in [-0.4, -0.2) is 29.3 Å². The maximum absolute atomic E-state index is 12.3. The molecule has 2 atom stereocenters. The molecule has 4 nitrogen and oxygen atoms in total. The fraction of sp³-hybridized carbons (Fsp3) is 0.579. The number of nitrogens with one attached hydrogen (secondary N) is 1. The van der Waals surface area contributed by atoms with Gasteiger partial charge in [-0.2, -0.15) is 0 Å². The highest BCUT2D eigenvalue weighted by Crippen LogP contribution is 2.46. The van der Waals surface area contributed by atoms with Crippen molar-refractivity contribution in [2.45, 2.75) is 45.1 Å². The van der Waals surface area contributed by atoms with Crippen LogP contribution in [0, 0.1) is 12.8 Å². The largest absolute Gasteiger partial charge is 0.394 e. The molecule has 1 aliphatic carbocycles. The monoisotopic (exact) mass is 351 g/mol. The van der Waals surface area contributed by atoms with Gasteiger partial charge in [-0.3, -0.25) is 4.57 Å². The highest BCUT2D eigenvalue weighted by molar-refractivity contribution is 7.61. The summed E-state index contributed by atoms with van der Waals surface area (Å²) < 4.78 is 12.3. The van der Waals surface area contributed by atoms with Gasteiger partial charge in [0.15, 0.2) is 0 Å². The smallest absolute Gasteiger partial charge is 0.222 e. The van der Waals surface area contributed by atoms with E-state index in [9.17, 15) is 14.6 Å². The Bertz CT molecular complexity index is 582. The summed E-state index contributed by atoms with van der Waals surface area (Å²) in [5.41, 5.74) is 2.18. The van der Waals surface area contributed by atoms with Gasteiger partial charge in [0.1, 0.15) is 0 Å². The van der Waals surface area contributed by atoms with Crippen LogP contribution in [0.1, 0.15) is 49.3 Å². The third-order valence-corrected chi connectivity index (χ3v) is 6.41. The van der Waals surface area contributed by atoms with Crippen LogP contribution in [-0.2, 0) is 4.57 Å². The van der Waals surface area contributed by atoms with Crippen molar-refractivity contribution in [1.29, 1.82) is 0 Å². The summed E-state index contributed by atoms with van der Waals surface area (Å²) in [7, 11) is -3.19. The van der Waals surface area contributed by atoms with Crippen molar-refractivity contribution in [3.8, 4) is 0 Å². The van der Waals surface area contributed by atoms with E-state index >= 15 is 0 Å². The van der Waals surface area contributed by atoms with E-state index in [-0.39, 0.29) is 12.6 Å². The highest BCUT2D eigenvalue weighted by atomic mass is 31.2. The summed E-state index contributed by atoms with van der Waals surface area (Å²) >= 11 is 0. The number of hydrogen-bond donors (Lipinski definition) is 3. The minimum Gasteiger partial charge on any atom is -0.394 e. The van der Waals surface area contributed by atoms with Gasteiger partial charge in [0.25, 0.3) is 0 Å². The van der Waals surface area contributed by atoms with Crippen molar-refractivity contribution in [2.24, 2.45) is 5.92 Å². The van der Waals surface area contributed by atoms with Crippen LogP contribution in [0.4, 0.5) is 0 Å². The zero-order valence-electron chi connectivity index (χ0n) is 14.5. The maximum Gasteiger partial charge on any atom is 0.222 e. The van der Waals surface area contributed by atoms with E-state index in [0.29, 0.717) is 18.6 Å². The molecule has 0 radical (unpaired) electrons. The molecule has 24 heavy (non-hydrogen) atoms. The quantitative estimate of drug-likeness (QED) is 0.620. The number of aliphatic hydroxyl groups is 1. The fourth-order valence-corrected chi connectivity index (χ4v) is 5.06. The summed E-state index contributed by atoms with van der Waals surface area (Å²) in [4.78, 5) is 10.1. The molecule has 0 aromatic heterocycles. The Morgan fingerprint density at radius 2 is 2.08 bits per heavy atom. The molecule has 5 heteroatoms. The lowest BCUT2D eigenvalue weighted by molar-refractivity contribution is 0.248. The van der Waals surface area contributed by atoms with Crippen molar-refractivity contribution in [2.75, 3.05) is 19.3 Å². The number of hydrogen-bond acceptors (Lipinski definition) is 3. The highest BCUT2D eigenvalue weighted by Gasteiger charge is 2.23. The van der Waals surface area contributed by atoms with Gasteiger partial charge in [0.05, 0.1) is 12.6 Å². The van der Waals surface area contributed by atoms with Crippen LogP contribution >= 0.6 is 7.37 Å². The standard InChI is InChI=1S/C19H30NO3P/c1-16-7-5-10-18(13-16)19(14-21)20-11-6-12-24(22,23)15-17-8-3-2-4-9-17/h5-7,10,12-13,17,19-21H,2-4,8-9,11,14-15H2,1H3,(H,22,23)/b12-6+. The Balaban J connectivity index is 1.82. The van der Waals surface area contributed by atoms with Gasteiger partial charge in [0, 0.05) is 12.7 Å². The van der Waals surface area contributed by atoms with Crippen LogP contribution in [0.5, 0.6) is 0 Å². The third kappa shape index (κ3) is 6.52. The van der Waals surface area contributed by atoms with Gasteiger partial charge < -0.3 is 15.3 Å². The first-order chi connectivity index (χ1) is 11.5. The van der Waals surface area contributed by atoms with Crippen molar-refractivity contribution in [3.05, 3.63) is 47.3 Å². The Kier molecular flexibility index (Phi) is 7.70. The van der Waals surface area contributed by atoms with Gasteiger partial charge in [0.2, 0.25) is 7.37 Å². The van der Waals surface area contributed by atoms with Gasteiger partial charge in [-0.05, 0) is 37.1 Å². The normalized spacial score (nSPS) is 20.1. The van der Waals surface area contributed by atoms with Crippen molar-refractivity contribution < 1.29 is 14.6 Å². The molecule has 2 unspecified atom stereocenters. The zero-order chi connectivity index (χ0) is 17.4. The molecule has 1 fully saturated rings. The molecule has 1 aromatic rings.